The first-order chi connectivity index (χ1) is 11.6. The predicted molar refractivity (Wildman–Crippen MR) is 90.4 cm³/mol. The van der Waals surface area contributed by atoms with Gasteiger partial charge in [0.05, 0.1) is 0 Å². The van der Waals surface area contributed by atoms with Gasteiger partial charge in [0.2, 0.25) is 0 Å². The fourth-order valence-corrected chi connectivity index (χ4v) is 2.62. The third-order valence-electron chi connectivity index (χ3n) is 3.82. The van der Waals surface area contributed by atoms with E-state index in [2.05, 4.69) is 5.16 Å². The Morgan fingerprint density at radius 3 is 2.42 bits per heavy atom. The van der Waals surface area contributed by atoms with Gasteiger partial charge in [-0.15, -0.1) is 0 Å². The highest BCUT2D eigenvalue weighted by Crippen LogP contribution is 2.28. The second kappa shape index (κ2) is 6.66. The normalized spacial score (nSPS) is 10.6. The van der Waals surface area contributed by atoms with Crippen molar-refractivity contribution in [2.24, 2.45) is 0 Å². The van der Waals surface area contributed by atoms with Gasteiger partial charge in [0.1, 0.15) is 22.8 Å². The SMILES string of the molecule is CCN(C(=O)c1c(-c2ccccc2)noc1C)c1ccc(F)cc1. The first kappa shape index (κ1) is 15.9. The fraction of sp³-hybridized carbons (Fsp3) is 0.158. The van der Waals surface area contributed by atoms with Crippen molar-refractivity contribution in [3.8, 4) is 11.3 Å². The fourth-order valence-electron chi connectivity index (χ4n) is 2.62. The van der Waals surface area contributed by atoms with Crippen LogP contribution in [0.15, 0.2) is 59.1 Å². The maximum absolute atomic E-state index is 13.1. The number of carbonyl (C=O) groups is 1. The molecule has 1 heterocycles. The molecule has 1 amide bonds. The van der Waals surface area contributed by atoms with Gasteiger partial charge in [-0.25, -0.2) is 4.39 Å². The summed E-state index contributed by atoms with van der Waals surface area (Å²) < 4.78 is 18.4. The highest BCUT2D eigenvalue weighted by molar-refractivity contribution is 6.10. The highest BCUT2D eigenvalue weighted by atomic mass is 19.1. The van der Waals surface area contributed by atoms with Crippen LogP contribution >= 0.6 is 0 Å². The van der Waals surface area contributed by atoms with Crippen molar-refractivity contribution in [3.05, 3.63) is 71.7 Å². The number of hydrogen-bond donors (Lipinski definition) is 0. The molecular weight excluding hydrogens is 307 g/mol. The van der Waals surface area contributed by atoms with Crippen LogP contribution in [0, 0.1) is 12.7 Å². The van der Waals surface area contributed by atoms with E-state index in [4.69, 9.17) is 4.52 Å². The Bertz CT molecular complexity index is 842. The number of nitrogens with zero attached hydrogens (tertiary/aromatic N) is 2. The van der Waals surface area contributed by atoms with Crippen LogP contribution in [0.3, 0.4) is 0 Å². The lowest BCUT2D eigenvalue weighted by Gasteiger charge is -2.21. The van der Waals surface area contributed by atoms with Crippen LogP contribution in [0.1, 0.15) is 23.0 Å². The lowest BCUT2D eigenvalue weighted by Crippen LogP contribution is -2.31. The number of aryl methyl sites for hydroxylation is 1. The first-order valence-corrected chi connectivity index (χ1v) is 7.71. The zero-order chi connectivity index (χ0) is 17.1. The minimum absolute atomic E-state index is 0.221. The van der Waals surface area contributed by atoms with E-state index in [1.165, 1.54) is 12.1 Å². The second-order valence-electron chi connectivity index (χ2n) is 5.35. The summed E-state index contributed by atoms with van der Waals surface area (Å²) in [6.07, 6.45) is 0. The molecule has 0 atom stereocenters. The average molecular weight is 324 g/mol. The van der Waals surface area contributed by atoms with Crippen molar-refractivity contribution < 1.29 is 13.7 Å². The number of benzene rings is 2. The molecule has 0 radical (unpaired) electrons. The van der Waals surface area contributed by atoms with Crippen LogP contribution in [0.2, 0.25) is 0 Å². The summed E-state index contributed by atoms with van der Waals surface area (Å²) in [5.74, 6) is -0.102. The molecule has 24 heavy (non-hydrogen) atoms. The van der Waals surface area contributed by atoms with Gasteiger partial charge >= 0.3 is 0 Å². The van der Waals surface area contributed by atoms with Crippen molar-refractivity contribution in [2.45, 2.75) is 13.8 Å². The summed E-state index contributed by atoms with van der Waals surface area (Å²) in [5.41, 5.74) is 2.38. The van der Waals surface area contributed by atoms with E-state index in [0.29, 0.717) is 29.2 Å². The molecule has 122 valence electrons. The van der Waals surface area contributed by atoms with Gasteiger partial charge in [-0.3, -0.25) is 4.79 Å². The summed E-state index contributed by atoms with van der Waals surface area (Å²) >= 11 is 0. The second-order valence-corrected chi connectivity index (χ2v) is 5.35. The van der Waals surface area contributed by atoms with E-state index in [0.717, 1.165) is 5.56 Å². The summed E-state index contributed by atoms with van der Waals surface area (Å²) in [7, 11) is 0. The maximum Gasteiger partial charge on any atom is 0.264 e. The minimum Gasteiger partial charge on any atom is -0.360 e. The Balaban J connectivity index is 2.03. The van der Waals surface area contributed by atoms with Crippen LogP contribution in [-0.4, -0.2) is 17.6 Å². The summed E-state index contributed by atoms with van der Waals surface area (Å²) in [4.78, 5) is 14.6. The van der Waals surface area contributed by atoms with Gasteiger partial charge in [0.15, 0.2) is 0 Å². The van der Waals surface area contributed by atoms with Crippen molar-refractivity contribution in [1.82, 2.24) is 5.16 Å². The molecule has 3 rings (SSSR count). The molecule has 2 aromatic carbocycles. The van der Waals surface area contributed by atoms with Gasteiger partial charge in [-0.05, 0) is 38.1 Å². The van der Waals surface area contributed by atoms with E-state index < -0.39 is 0 Å². The van der Waals surface area contributed by atoms with Crippen molar-refractivity contribution in [1.29, 1.82) is 0 Å². The molecule has 0 spiro atoms. The number of anilines is 1. The minimum atomic E-state index is -0.339. The zero-order valence-corrected chi connectivity index (χ0v) is 13.5. The molecule has 3 aromatic rings. The number of halogens is 1. The molecule has 0 N–H and O–H groups in total. The Kier molecular flexibility index (Phi) is 4.42. The van der Waals surface area contributed by atoms with Gasteiger partial charge < -0.3 is 9.42 Å². The van der Waals surface area contributed by atoms with Crippen LogP contribution in [0.5, 0.6) is 0 Å². The van der Waals surface area contributed by atoms with Gasteiger partial charge in [0.25, 0.3) is 5.91 Å². The summed E-state index contributed by atoms with van der Waals surface area (Å²) in [5, 5.41) is 4.05. The van der Waals surface area contributed by atoms with Gasteiger partial charge in [-0.1, -0.05) is 35.5 Å². The Labute approximate surface area is 139 Å². The number of carbonyl (C=O) groups excluding carboxylic acids is 1. The van der Waals surface area contributed by atoms with E-state index in [1.807, 2.05) is 37.3 Å². The van der Waals surface area contributed by atoms with Crippen LogP contribution in [0.4, 0.5) is 10.1 Å². The molecule has 0 aliphatic carbocycles. The monoisotopic (exact) mass is 324 g/mol. The van der Waals surface area contributed by atoms with Crippen molar-refractivity contribution >= 4 is 11.6 Å². The van der Waals surface area contributed by atoms with Gasteiger partial charge in [-0.2, -0.15) is 0 Å². The molecule has 5 heteroatoms. The van der Waals surface area contributed by atoms with Crippen molar-refractivity contribution in [2.75, 3.05) is 11.4 Å². The summed E-state index contributed by atoms with van der Waals surface area (Å²) in [6, 6.07) is 15.3. The standard InChI is InChI=1S/C19H17FN2O2/c1-3-22(16-11-9-15(20)10-12-16)19(23)17-13(2)24-21-18(17)14-7-5-4-6-8-14/h4-12H,3H2,1-2H3. The third-order valence-corrected chi connectivity index (χ3v) is 3.82. The predicted octanol–water partition coefficient (Wildman–Crippen LogP) is 4.46. The van der Waals surface area contributed by atoms with E-state index in [9.17, 15) is 9.18 Å². The smallest absolute Gasteiger partial charge is 0.264 e. The molecule has 0 fully saturated rings. The molecule has 0 bridgehead atoms. The lowest BCUT2D eigenvalue weighted by molar-refractivity contribution is 0.0987. The number of rotatable bonds is 4. The molecule has 4 nitrogen and oxygen atoms in total. The third kappa shape index (κ3) is 2.93. The number of amides is 1. The number of hydrogen-bond acceptors (Lipinski definition) is 3. The Hall–Kier alpha value is -2.95. The average Bonchev–Trinajstić information content (AvgIpc) is 2.99. The molecule has 1 aromatic heterocycles. The quantitative estimate of drug-likeness (QED) is 0.712. The maximum atomic E-state index is 13.1. The van der Waals surface area contributed by atoms with E-state index in [-0.39, 0.29) is 11.7 Å². The van der Waals surface area contributed by atoms with Gasteiger partial charge in [0, 0.05) is 17.8 Å². The van der Waals surface area contributed by atoms with Crippen molar-refractivity contribution in [3.63, 3.8) is 0 Å². The van der Waals surface area contributed by atoms with Crippen LogP contribution in [0.25, 0.3) is 11.3 Å². The van der Waals surface area contributed by atoms with Crippen LogP contribution in [-0.2, 0) is 0 Å². The molecule has 0 unspecified atom stereocenters. The summed E-state index contributed by atoms with van der Waals surface area (Å²) in [6.45, 7) is 4.03. The molecule has 0 saturated heterocycles. The number of aromatic nitrogens is 1. The molecule has 0 aliphatic rings. The largest absolute Gasteiger partial charge is 0.360 e. The molecule has 0 aliphatic heterocycles. The highest BCUT2D eigenvalue weighted by Gasteiger charge is 2.26. The Morgan fingerprint density at radius 1 is 1.12 bits per heavy atom. The Morgan fingerprint density at radius 2 is 1.79 bits per heavy atom. The zero-order valence-electron chi connectivity index (χ0n) is 13.5. The molecule has 0 saturated carbocycles. The molecular formula is C19H17FN2O2. The van der Waals surface area contributed by atoms with E-state index in [1.54, 1.807) is 24.0 Å². The van der Waals surface area contributed by atoms with Crippen LogP contribution < -0.4 is 4.90 Å². The van der Waals surface area contributed by atoms with E-state index >= 15 is 0 Å². The lowest BCUT2D eigenvalue weighted by atomic mass is 10.0. The first-order valence-electron chi connectivity index (χ1n) is 7.71. The topological polar surface area (TPSA) is 46.3 Å².